The van der Waals surface area contributed by atoms with E-state index in [2.05, 4.69) is 16.8 Å². The summed E-state index contributed by atoms with van der Waals surface area (Å²) in [6, 6.07) is 0. The quantitative estimate of drug-likeness (QED) is 0.0282. The number of nitrogens with one attached hydrogen (secondary N) is 1. The number of carbonyl (C=O) groups is 2. The van der Waals surface area contributed by atoms with Crippen molar-refractivity contribution >= 4 is 20.3 Å². The molecule has 0 rings (SSSR count). The first-order valence-electron chi connectivity index (χ1n) is 17.0. The normalized spacial score (nSPS) is 12.4. The van der Waals surface area contributed by atoms with Gasteiger partial charge in [0.25, 0.3) is 6.47 Å². The van der Waals surface area contributed by atoms with Gasteiger partial charge in [-0.05, 0) is 25.8 Å². The van der Waals surface area contributed by atoms with Gasteiger partial charge in [0.1, 0.15) is 6.10 Å². The molecule has 1 atom stereocenters. The van der Waals surface area contributed by atoms with Crippen molar-refractivity contribution in [2.45, 2.75) is 167 Å². The first-order valence-corrected chi connectivity index (χ1v) is 18.6. The third kappa shape index (κ3) is 33.5. The Balaban J connectivity index is 3.78. The maximum Gasteiger partial charge on any atom is 0.469 e. The van der Waals surface area contributed by atoms with Crippen LogP contribution in [0.4, 0.5) is 0 Å². The summed E-state index contributed by atoms with van der Waals surface area (Å²) in [5, 5.41) is 3.25. The predicted octanol–water partition coefficient (Wildman–Crippen LogP) is 8.15. The third-order valence-corrected chi connectivity index (χ3v) is 8.00. The zero-order valence-electron chi connectivity index (χ0n) is 26.7. The van der Waals surface area contributed by atoms with E-state index in [0.717, 1.165) is 51.5 Å². The van der Waals surface area contributed by atoms with Gasteiger partial charge in [0.2, 0.25) is 0 Å². The Kier molecular flexibility index (Phi) is 30.7. The lowest BCUT2D eigenvalue weighted by Crippen LogP contribution is -2.35. The van der Waals surface area contributed by atoms with E-state index in [9.17, 15) is 14.2 Å². The minimum Gasteiger partial charge on any atom is -0.468 e. The van der Waals surface area contributed by atoms with E-state index in [1.807, 2.05) is 0 Å². The number of hydrogen-bond acceptors (Lipinski definition) is 7. The van der Waals surface area contributed by atoms with Gasteiger partial charge in [-0.3, -0.25) is 14.1 Å². The van der Waals surface area contributed by atoms with Crippen molar-refractivity contribution in [1.29, 1.82) is 0 Å². The fraction of sp³-hybridized carbons (Fsp3) is 0.938. The molecule has 0 aromatic carbocycles. The summed E-state index contributed by atoms with van der Waals surface area (Å²) in [5.41, 5.74) is 0. The highest BCUT2D eigenvalue weighted by Crippen LogP contribution is 2.35. The topological polar surface area (TPSA) is 131 Å². The number of carbonyl (C=O) groups excluding carboxylic acids is 2. The molecule has 10 heteroatoms. The number of rotatable bonds is 34. The molecule has 0 saturated carbocycles. The molecule has 0 aliphatic carbocycles. The van der Waals surface area contributed by atoms with Crippen LogP contribution in [0, 0.1) is 0 Å². The largest absolute Gasteiger partial charge is 0.469 e. The molecule has 42 heavy (non-hydrogen) atoms. The van der Waals surface area contributed by atoms with Gasteiger partial charge in [-0.2, -0.15) is 0 Å². The summed E-state index contributed by atoms with van der Waals surface area (Å²) in [7, 11) is -4.62. The van der Waals surface area contributed by atoms with Crippen LogP contribution >= 0.6 is 7.82 Å². The van der Waals surface area contributed by atoms with Gasteiger partial charge in [-0.15, -0.1) is 0 Å². The van der Waals surface area contributed by atoms with Crippen LogP contribution in [0.2, 0.25) is 0 Å². The summed E-state index contributed by atoms with van der Waals surface area (Å²) in [6.45, 7) is 4.05. The Morgan fingerprint density at radius 3 is 1.64 bits per heavy atom. The molecule has 3 N–H and O–H groups in total. The average Bonchev–Trinajstić information content (AvgIpc) is 2.95. The van der Waals surface area contributed by atoms with Crippen LogP contribution in [-0.2, 0) is 28.2 Å². The Bertz CT molecular complexity index is 646. The van der Waals surface area contributed by atoms with Crippen molar-refractivity contribution in [2.24, 2.45) is 0 Å². The summed E-state index contributed by atoms with van der Waals surface area (Å²) in [4.78, 5) is 40.5. The van der Waals surface area contributed by atoms with Crippen LogP contribution in [0.15, 0.2) is 0 Å². The van der Waals surface area contributed by atoms with E-state index in [0.29, 0.717) is 26.0 Å². The molecule has 0 aromatic rings. The van der Waals surface area contributed by atoms with Gasteiger partial charge >= 0.3 is 13.8 Å². The summed E-state index contributed by atoms with van der Waals surface area (Å²) >= 11 is 0. The van der Waals surface area contributed by atoms with Crippen molar-refractivity contribution in [3.8, 4) is 0 Å². The lowest BCUT2D eigenvalue weighted by Gasteiger charge is -2.19. The highest BCUT2D eigenvalue weighted by molar-refractivity contribution is 7.46. The van der Waals surface area contributed by atoms with Crippen molar-refractivity contribution in [2.75, 3.05) is 26.3 Å². The van der Waals surface area contributed by atoms with Gasteiger partial charge in [0.05, 0.1) is 13.2 Å². The number of esters is 1. The zero-order valence-corrected chi connectivity index (χ0v) is 27.6. The van der Waals surface area contributed by atoms with Gasteiger partial charge in [0.15, 0.2) is 0 Å². The zero-order chi connectivity index (χ0) is 31.0. The minimum atomic E-state index is -4.62. The second-order valence-electron chi connectivity index (χ2n) is 11.6. The van der Waals surface area contributed by atoms with Gasteiger partial charge < -0.3 is 24.6 Å². The van der Waals surface area contributed by atoms with Crippen LogP contribution in [-0.4, -0.2) is 54.6 Å². The molecule has 0 unspecified atom stereocenters. The molecule has 0 aromatic heterocycles. The van der Waals surface area contributed by atoms with E-state index < -0.39 is 13.9 Å². The van der Waals surface area contributed by atoms with Crippen LogP contribution in [0.5, 0.6) is 0 Å². The lowest BCUT2D eigenvalue weighted by atomic mass is 10.0. The molecule has 0 spiro atoms. The molecule has 9 nitrogen and oxygen atoms in total. The Labute approximate surface area is 256 Å². The standard InChI is InChI=1S/C32H64NO8P/c1-2-3-4-5-6-7-13-16-19-22-25-32(35)41-31(29-40-42(36,37)38)28-33-26-23-20-17-14-11-9-8-10-12-15-18-21-24-27-39-30-34/h30-31,33H,2-29H2,1H3,(H2,36,37,38)/t31-/m0/s1. The predicted molar refractivity (Wildman–Crippen MR) is 169 cm³/mol. The monoisotopic (exact) mass is 621 g/mol. The smallest absolute Gasteiger partial charge is 0.468 e. The maximum atomic E-state index is 12.3. The van der Waals surface area contributed by atoms with Crippen molar-refractivity contribution in [3.05, 3.63) is 0 Å². The van der Waals surface area contributed by atoms with Crippen LogP contribution in [0.3, 0.4) is 0 Å². The Morgan fingerprint density at radius 2 is 1.17 bits per heavy atom. The number of hydrogen-bond donors (Lipinski definition) is 3. The van der Waals surface area contributed by atoms with Crippen LogP contribution in [0.25, 0.3) is 0 Å². The molecule has 0 aliphatic rings. The molecular formula is C32H64NO8P. The molecule has 0 saturated heterocycles. The SMILES string of the molecule is CCCCCCCCCCCCC(=O)O[C@@H](CNCCCCCCCCCCCCCCCOC=O)COP(=O)(O)O. The van der Waals surface area contributed by atoms with Gasteiger partial charge in [-0.25, -0.2) is 4.57 Å². The molecular weight excluding hydrogens is 557 g/mol. The summed E-state index contributed by atoms with van der Waals surface area (Å²) in [6.07, 6.45) is 27.1. The molecule has 0 aliphatic heterocycles. The Hall–Kier alpha value is -0.990. The number of unbranched alkanes of at least 4 members (excludes halogenated alkanes) is 21. The number of phosphoric acid groups is 1. The van der Waals surface area contributed by atoms with Gasteiger partial charge in [-0.1, -0.05) is 135 Å². The number of ether oxygens (including phenoxy) is 2. The number of phosphoric ester groups is 1. The molecule has 0 amide bonds. The summed E-state index contributed by atoms with van der Waals surface area (Å²) < 4.78 is 25.9. The van der Waals surface area contributed by atoms with Crippen LogP contribution < -0.4 is 5.32 Å². The third-order valence-electron chi connectivity index (χ3n) is 7.52. The van der Waals surface area contributed by atoms with E-state index in [1.165, 1.54) is 103 Å². The van der Waals surface area contributed by atoms with E-state index in [1.54, 1.807) is 0 Å². The van der Waals surface area contributed by atoms with Crippen molar-refractivity contribution in [3.63, 3.8) is 0 Å². The highest BCUT2D eigenvalue weighted by atomic mass is 31.2. The van der Waals surface area contributed by atoms with E-state index in [4.69, 9.17) is 19.3 Å². The molecule has 0 radical (unpaired) electrons. The van der Waals surface area contributed by atoms with Gasteiger partial charge in [0, 0.05) is 13.0 Å². The van der Waals surface area contributed by atoms with E-state index >= 15 is 0 Å². The first-order chi connectivity index (χ1) is 20.4. The fourth-order valence-electron chi connectivity index (χ4n) is 5.01. The molecule has 0 heterocycles. The van der Waals surface area contributed by atoms with Crippen molar-refractivity contribution < 1.29 is 37.9 Å². The molecule has 0 fully saturated rings. The second-order valence-corrected chi connectivity index (χ2v) is 12.8. The van der Waals surface area contributed by atoms with Crippen LogP contribution in [0.1, 0.15) is 161 Å². The lowest BCUT2D eigenvalue weighted by molar-refractivity contribution is -0.150. The van der Waals surface area contributed by atoms with Crippen molar-refractivity contribution in [1.82, 2.24) is 5.32 Å². The average molecular weight is 622 g/mol. The van der Waals surface area contributed by atoms with E-state index in [-0.39, 0.29) is 12.6 Å². The summed E-state index contributed by atoms with van der Waals surface area (Å²) in [5.74, 6) is -0.336. The maximum absolute atomic E-state index is 12.3. The molecule has 0 bridgehead atoms. The second kappa shape index (κ2) is 31.4. The highest BCUT2D eigenvalue weighted by Gasteiger charge is 2.21. The molecule has 250 valence electrons. The minimum absolute atomic E-state index is 0.316. The Morgan fingerprint density at radius 1 is 0.714 bits per heavy atom. The fourth-order valence-corrected chi connectivity index (χ4v) is 5.37. The first kappa shape index (κ1) is 41.0.